The SMILES string of the molecule is CC(C)(C)OC(=O)N1CCC2(CC1)CCN(c1ccc(NC3CCC(=O)NC3=O)c(F)c1)CC2. The van der Waals surface area contributed by atoms with Crippen LogP contribution in [-0.2, 0) is 14.3 Å². The molecule has 3 amide bonds. The lowest BCUT2D eigenvalue weighted by atomic mass is 9.71. The number of nitrogens with one attached hydrogen (secondary N) is 2. The van der Waals surface area contributed by atoms with Gasteiger partial charge in [0, 0.05) is 38.3 Å². The molecule has 186 valence electrons. The predicted octanol–water partition coefficient (Wildman–Crippen LogP) is 3.66. The smallest absolute Gasteiger partial charge is 0.410 e. The minimum absolute atomic E-state index is 0.223. The van der Waals surface area contributed by atoms with E-state index in [1.54, 1.807) is 6.07 Å². The Morgan fingerprint density at radius 2 is 1.76 bits per heavy atom. The van der Waals surface area contributed by atoms with Crippen molar-refractivity contribution in [1.82, 2.24) is 10.2 Å². The molecule has 3 saturated heterocycles. The van der Waals surface area contributed by atoms with Crippen LogP contribution < -0.4 is 15.5 Å². The molecule has 8 nitrogen and oxygen atoms in total. The van der Waals surface area contributed by atoms with Crippen molar-refractivity contribution in [2.24, 2.45) is 5.41 Å². The predicted molar refractivity (Wildman–Crippen MR) is 127 cm³/mol. The normalized spacial score (nSPS) is 23.0. The van der Waals surface area contributed by atoms with Gasteiger partial charge in [0.1, 0.15) is 17.5 Å². The summed E-state index contributed by atoms with van der Waals surface area (Å²) in [7, 11) is 0. The van der Waals surface area contributed by atoms with Crippen molar-refractivity contribution in [3.05, 3.63) is 24.0 Å². The van der Waals surface area contributed by atoms with E-state index in [4.69, 9.17) is 4.74 Å². The van der Waals surface area contributed by atoms with E-state index in [9.17, 15) is 18.8 Å². The average molecular weight is 475 g/mol. The number of carbonyl (C=O) groups excluding carboxylic acids is 3. The fourth-order valence-electron chi connectivity index (χ4n) is 5.07. The van der Waals surface area contributed by atoms with Gasteiger partial charge in [-0.15, -0.1) is 0 Å². The van der Waals surface area contributed by atoms with Gasteiger partial charge in [-0.25, -0.2) is 9.18 Å². The highest BCUT2D eigenvalue weighted by Crippen LogP contribution is 2.42. The molecule has 9 heteroatoms. The molecule has 0 aromatic heterocycles. The van der Waals surface area contributed by atoms with Crippen LogP contribution in [0.25, 0.3) is 0 Å². The lowest BCUT2D eigenvalue weighted by Crippen LogP contribution is -2.49. The third kappa shape index (κ3) is 5.62. The van der Waals surface area contributed by atoms with Crippen molar-refractivity contribution in [1.29, 1.82) is 0 Å². The maximum absolute atomic E-state index is 14.8. The van der Waals surface area contributed by atoms with Gasteiger partial charge in [-0.3, -0.25) is 14.9 Å². The summed E-state index contributed by atoms with van der Waals surface area (Å²) in [5.41, 5.74) is 0.828. The molecule has 0 aliphatic carbocycles. The summed E-state index contributed by atoms with van der Waals surface area (Å²) in [5, 5.41) is 5.20. The van der Waals surface area contributed by atoms with E-state index < -0.39 is 23.4 Å². The molecule has 3 aliphatic rings. The summed E-state index contributed by atoms with van der Waals surface area (Å²) in [5.74, 6) is -1.12. The van der Waals surface area contributed by atoms with E-state index in [0.29, 0.717) is 19.5 Å². The first kappa shape index (κ1) is 24.3. The fourth-order valence-corrected chi connectivity index (χ4v) is 5.07. The Labute approximate surface area is 200 Å². The van der Waals surface area contributed by atoms with Crippen molar-refractivity contribution in [3.8, 4) is 0 Å². The minimum Gasteiger partial charge on any atom is -0.444 e. The van der Waals surface area contributed by atoms with Gasteiger partial charge in [0.2, 0.25) is 11.8 Å². The Hall–Kier alpha value is -2.84. The number of benzene rings is 1. The van der Waals surface area contributed by atoms with Gasteiger partial charge in [-0.2, -0.15) is 0 Å². The van der Waals surface area contributed by atoms with Gasteiger partial charge in [0.15, 0.2) is 0 Å². The van der Waals surface area contributed by atoms with Crippen molar-refractivity contribution in [2.75, 3.05) is 36.4 Å². The molecule has 0 radical (unpaired) electrons. The monoisotopic (exact) mass is 474 g/mol. The summed E-state index contributed by atoms with van der Waals surface area (Å²) in [6.07, 6.45) is 4.30. The standard InChI is InChI=1S/C25H35FN4O4/c1-24(2,3)34-23(33)30-14-10-25(11-15-30)8-12-29(13-9-25)17-4-5-19(18(26)16-17)27-20-6-7-21(31)28-22(20)32/h4-5,16,20,27H,6-15H2,1-3H3,(H,28,31,32). The fraction of sp³-hybridized carbons (Fsp3) is 0.640. The second-order valence-electron chi connectivity index (χ2n) is 10.8. The first-order valence-electron chi connectivity index (χ1n) is 12.2. The van der Waals surface area contributed by atoms with E-state index in [2.05, 4.69) is 15.5 Å². The molecular weight excluding hydrogens is 439 g/mol. The van der Waals surface area contributed by atoms with Gasteiger partial charge < -0.3 is 19.9 Å². The van der Waals surface area contributed by atoms with Crippen LogP contribution in [0.4, 0.5) is 20.6 Å². The Balaban J connectivity index is 1.30. The number of piperidine rings is 3. The lowest BCUT2D eigenvalue weighted by Gasteiger charge is -2.47. The Morgan fingerprint density at radius 1 is 1.12 bits per heavy atom. The summed E-state index contributed by atoms with van der Waals surface area (Å²) in [4.78, 5) is 39.6. The number of rotatable bonds is 3. The number of amides is 3. The number of hydrogen-bond acceptors (Lipinski definition) is 6. The number of nitrogens with zero attached hydrogens (tertiary/aromatic N) is 2. The number of halogens is 1. The van der Waals surface area contributed by atoms with E-state index in [-0.39, 0.29) is 29.5 Å². The lowest BCUT2D eigenvalue weighted by molar-refractivity contribution is -0.133. The van der Waals surface area contributed by atoms with Crippen LogP contribution in [0, 0.1) is 11.2 Å². The molecule has 3 fully saturated rings. The molecule has 1 spiro atoms. The molecule has 3 aliphatic heterocycles. The van der Waals surface area contributed by atoms with E-state index >= 15 is 0 Å². The number of imide groups is 1. The van der Waals surface area contributed by atoms with Crippen LogP contribution in [0.2, 0.25) is 0 Å². The molecule has 1 atom stereocenters. The molecule has 1 aromatic rings. The summed E-state index contributed by atoms with van der Waals surface area (Å²) in [6, 6.07) is 4.44. The van der Waals surface area contributed by atoms with Crippen molar-refractivity contribution < 1.29 is 23.5 Å². The quantitative estimate of drug-likeness (QED) is 0.650. The number of likely N-dealkylation sites (tertiary alicyclic amines) is 1. The van der Waals surface area contributed by atoms with Gasteiger partial charge >= 0.3 is 6.09 Å². The first-order valence-corrected chi connectivity index (χ1v) is 12.2. The molecule has 2 N–H and O–H groups in total. The maximum Gasteiger partial charge on any atom is 0.410 e. The number of hydrogen-bond donors (Lipinski definition) is 2. The number of ether oxygens (including phenoxy) is 1. The Bertz CT molecular complexity index is 943. The third-order valence-electron chi connectivity index (χ3n) is 7.19. The second kappa shape index (κ2) is 9.43. The van der Waals surface area contributed by atoms with Crippen LogP contribution in [0.5, 0.6) is 0 Å². The summed E-state index contributed by atoms with van der Waals surface area (Å²) >= 11 is 0. The Morgan fingerprint density at radius 3 is 2.35 bits per heavy atom. The van der Waals surface area contributed by atoms with Gasteiger partial charge in [0.05, 0.1) is 5.69 Å². The van der Waals surface area contributed by atoms with Crippen molar-refractivity contribution >= 4 is 29.3 Å². The number of carbonyl (C=O) groups is 3. The molecule has 1 unspecified atom stereocenters. The van der Waals surface area contributed by atoms with Crippen molar-refractivity contribution in [2.45, 2.75) is 70.9 Å². The van der Waals surface area contributed by atoms with Crippen molar-refractivity contribution in [3.63, 3.8) is 0 Å². The van der Waals surface area contributed by atoms with Crippen LogP contribution in [0.15, 0.2) is 18.2 Å². The molecule has 0 saturated carbocycles. The zero-order valence-corrected chi connectivity index (χ0v) is 20.3. The summed E-state index contributed by atoms with van der Waals surface area (Å²) in [6.45, 7) is 8.75. The average Bonchev–Trinajstić information content (AvgIpc) is 2.77. The van der Waals surface area contributed by atoms with E-state index in [0.717, 1.165) is 44.5 Å². The van der Waals surface area contributed by atoms with Gasteiger partial charge in [-0.05, 0) is 76.5 Å². The van der Waals surface area contributed by atoms with Gasteiger partial charge in [-0.1, -0.05) is 0 Å². The highest BCUT2D eigenvalue weighted by molar-refractivity contribution is 6.01. The molecule has 4 rings (SSSR count). The van der Waals surface area contributed by atoms with Crippen LogP contribution >= 0.6 is 0 Å². The molecule has 3 heterocycles. The van der Waals surface area contributed by atoms with E-state index in [1.165, 1.54) is 6.07 Å². The maximum atomic E-state index is 14.8. The largest absolute Gasteiger partial charge is 0.444 e. The summed E-state index contributed by atoms with van der Waals surface area (Å²) < 4.78 is 20.3. The topological polar surface area (TPSA) is 91.0 Å². The first-order chi connectivity index (χ1) is 16.0. The zero-order chi connectivity index (χ0) is 24.5. The molecule has 0 bridgehead atoms. The zero-order valence-electron chi connectivity index (χ0n) is 20.3. The highest BCUT2D eigenvalue weighted by Gasteiger charge is 2.39. The van der Waals surface area contributed by atoms with Crippen LogP contribution in [0.3, 0.4) is 0 Å². The Kier molecular flexibility index (Phi) is 6.73. The minimum atomic E-state index is -0.612. The second-order valence-corrected chi connectivity index (χ2v) is 10.8. The molecule has 34 heavy (non-hydrogen) atoms. The van der Waals surface area contributed by atoms with E-state index in [1.807, 2.05) is 31.7 Å². The highest BCUT2D eigenvalue weighted by atomic mass is 19.1. The van der Waals surface area contributed by atoms with Crippen LogP contribution in [0.1, 0.15) is 59.3 Å². The third-order valence-corrected chi connectivity index (χ3v) is 7.19. The molecule has 1 aromatic carbocycles. The number of anilines is 2. The van der Waals surface area contributed by atoms with Gasteiger partial charge in [0.25, 0.3) is 0 Å². The van der Waals surface area contributed by atoms with Crippen LogP contribution in [-0.4, -0.2) is 60.6 Å². The molecular formula is C25H35FN4O4.